The number of nitrogens with zero attached hydrogens (tertiary/aromatic N) is 1. The maximum absolute atomic E-state index is 13.0. The van der Waals surface area contributed by atoms with Crippen molar-refractivity contribution >= 4 is 39.1 Å². The van der Waals surface area contributed by atoms with Gasteiger partial charge in [0.25, 0.3) is 5.91 Å². The van der Waals surface area contributed by atoms with Gasteiger partial charge >= 0.3 is 0 Å². The first kappa shape index (κ1) is 23.1. The van der Waals surface area contributed by atoms with Gasteiger partial charge in [0, 0.05) is 16.7 Å². The molecule has 0 aliphatic carbocycles. The third-order valence-electron chi connectivity index (χ3n) is 5.50. The number of amides is 2. The van der Waals surface area contributed by atoms with Crippen molar-refractivity contribution in [2.75, 3.05) is 16.9 Å². The van der Waals surface area contributed by atoms with Crippen LogP contribution in [0.1, 0.15) is 34.5 Å². The van der Waals surface area contributed by atoms with Gasteiger partial charge in [0.2, 0.25) is 5.91 Å². The minimum absolute atomic E-state index is 0.00763. The van der Waals surface area contributed by atoms with Crippen LogP contribution in [0.4, 0.5) is 5.69 Å². The summed E-state index contributed by atoms with van der Waals surface area (Å²) in [5, 5.41) is 2.95. The van der Waals surface area contributed by atoms with Crippen molar-refractivity contribution in [1.82, 2.24) is 5.32 Å². The van der Waals surface area contributed by atoms with E-state index in [1.807, 2.05) is 43.3 Å². The standard InChI is InChI=1S/C25H24N2O4S2/c1-17(19-8-11-21(12-9-19)33(2,30)31)26-25(29)20-10-13-23-22(14-20)27(24(28)16-32-23)15-18-6-4-3-5-7-18/h3-14,17H,15-16H2,1-2H3,(H,26,29). The molecule has 1 atom stereocenters. The molecule has 8 heteroatoms. The van der Waals surface area contributed by atoms with Crippen LogP contribution in [-0.4, -0.2) is 32.2 Å². The predicted octanol–water partition coefficient (Wildman–Crippen LogP) is 4.22. The number of benzene rings is 3. The third-order valence-corrected chi connectivity index (χ3v) is 7.68. The Labute approximate surface area is 197 Å². The predicted molar refractivity (Wildman–Crippen MR) is 130 cm³/mol. The Morgan fingerprint density at radius 1 is 1.06 bits per heavy atom. The number of hydrogen-bond acceptors (Lipinski definition) is 5. The van der Waals surface area contributed by atoms with Crippen LogP contribution in [0, 0.1) is 0 Å². The molecule has 6 nitrogen and oxygen atoms in total. The highest BCUT2D eigenvalue weighted by Crippen LogP contribution is 2.37. The molecular weight excluding hydrogens is 456 g/mol. The van der Waals surface area contributed by atoms with Crippen molar-refractivity contribution < 1.29 is 18.0 Å². The summed E-state index contributed by atoms with van der Waals surface area (Å²) < 4.78 is 23.3. The normalized spacial score (nSPS) is 14.5. The fourth-order valence-corrected chi connectivity index (χ4v) is 5.20. The topological polar surface area (TPSA) is 83.6 Å². The number of carbonyl (C=O) groups is 2. The van der Waals surface area contributed by atoms with Gasteiger partial charge in [0.1, 0.15) is 0 Å². The summed E-state index contributed by atoms with van der Waals surface area (Å²) in [5.74, 6) is 0.111. The zero-order valence-electron chi connectivity index (χ0n) is 18.3. The Balaban J connectivity index is 1.54. The molecule has 0 spiro atoms. The van der Waals surface area contributed by atoms with Gasteiger partial charge in [0.05, 0.1) is 28.9 Å². The van der Waals surface area contributed by atoms with Crippen LogP contribution < -0.4 is 10.2 Å². The fraction of sp³-hybridized carbons (Fsp3) is 0.200. The van der Waals surface area contributed by atoms with E-state index in [9.17, 15) is 18.0 Å². The van der Waals surface area contributed by atoms with Crippen molar-refractivity contribution in [3.63, 3.8) is 0 Å². The summed E-state index contributed by atoms with van der Waals surface area (Å²) in [5.41, 5.74) is 3.01. The van der Waals surface area contributed by atoms with Gasteiger partial charge in [-0.1, -0.05) is 42.5 Å². The molecule has 0 saturated heterocycles. The molecule has 3 aromatic carbocycles. The van der Waals surface area contributed by atoms with Crippen molar-refractivity contribution in [2.45, 2.75) is 29.3 Å². The summed E-state index contributed by atoms with van der Waals surface area (Å²) in [6.45, 7) is 2.29. The van der Waals surface area contributed by atoms with Crippen molar-refractivity contribution in [2.24, 2.45) is 0 Å². The first-order valence-corrected chi connectivity index (χ1v) is 13.3. The summed E-state index contributed by atoms with van der Waals surface area (Å²) in [4.78, 5) is 28.6. The van der Waals surface area contributed by atoms with Crippen LogP contribution in [-0.2, 0) is 21.2 Å². The number of hydrogen-bond donors (Lipinski definition) is 1. The van der Waals surface area contributed by atoms with E-state index in [4.69, 9.17) is 0 Å². The molecule has 1 unspecified atom stereocenters. The highest BCUT2D eigenvalue weighted by molar-refractivity contribution is 8.00. The lowest BCUT2D eigenvalue weighted by Gasteiger charge is -2.29. The molecule has 3 aromatic rings. The van der Waals surface area contributed by atoms with Crippen LogP contribution in [0.25, 0.3) is 0 Å². The van der Waals surface area contributed by atoms with E-state index in [1.54, 1.807) is 29.2 Å². The van der Waals surface area contributed by atoms with E-state index in [-0.39, 0.29) is 22.8 Å². The first-order chi connectivity index (χ1) is 15.7. The van der Waals surface area contributed by atoms with Gasteiger partial charge in [-0.05, 0) is 48.4 Å². The zero-order valence-corrected chi connectivity index (χ0v) is 19.9. The molecule has 1 heterocycles. The molecular formula is C25H24N2O4S2. The average Bonchev–Trinajstić information content (AvgIpc) is 2.80. The van der Waals surface area contributed by atoms with Gasteiger partial charge in [-0.2, -0.15) is 0 Å². The van der Waals surface area contributed by atoms with Crippen LogP contribution in [0.3, 0.4) is 0 Å². The van der Waals surface area contributed by atoms with Crippen LogP contribution in [0.2, 0.25) is 0 Å². The number of thioether (sulfide) groups is 1. The molecule has 1 aliphatic rings. The molecule has 2 amide bonds. The van der Waals surface area contributed by atoms with E-state index in [1.165, 1.54) is 23.9 Å². The SMILES string of the molecule is CC(NC(=O)c1ccc2c(c1)N(Cc1ccccc1)C(=O)CS2)c1ccc(S(C)(=O)=O)cc1. The second kappa shape index (κ2) is 9.41. The van der Waals surface area contributed by atoms with Gasteiger partial charge in [0.15, 0.2) is 9.84 Å². The molecule has 0 radical (unpaired) electrons. The fourth-order valence-electron chi connectivity index (χ4n) is 3.65. The van der Waals surface area contributed by atoms with E-state index in [2.05, 4.69) is 5.32 Å². The van der Waals surface area contributed by atoms with Crippen LogP contribution in [0.15, 0.2) is 82.6 Å². The Kier molecular flexibility index (Phi) is 6.58. The molecule has 170 valence electrons. The van der Waals surface area contributed by atoms with Crippen molar-refractivity contribution in [3.05, 3.63) is 89.5 Å². The minimum atomic E-state index is -3.27. The molecule has 4 rings (SSSR count). The average molecular weight is 481 g/mol. The lowest BCUT2D eigenvalue weighted by Crippen LogP contribution is -2.35. The Morgan fingerprint density at radius 3 is 2.42 bits per heavy atom. The van der Waals surface area contributed by atoms with E-state index in [0.717, 1.165) is 28.0 Å². The van der Waals surface area contributed by atoms with Gasteiger partial charge in [-0.25, -0.2) is 8.42 Å². The van der Waals surface area contributed by atoms with E-state index < -0.39 is 9.84 Å². The second-order valence-corrected chi connectivity index (χ2v) is 11.0. The third kappa shape index (κ3) is 5.29. The molecule has 0 saturated carbocycles. The van der Waals surface area contributed by atoms with Gasteiger partial charge < -0.3 is 10.2 Å². The highest BCUT2D eigenvalue weighted by atomic mass is 32.2. The molecule has 33 heavy (non-hydrogen) atoms. The van der Waals surface area contributed by atoms with E-state index >= 15 is 0 Å². The number of rotatable bonds is 6. The Hall–Kier alpha value is -3.10. The largest absolute Gasteiger partial charge is 0.346 e. The summed E-state index contributed by atoms with van der Waals surface area (Å²) >= 11 is 1.47. The molecule has 0 fully saturated rings. The number of anilines is 1. The van der Waals surface area contributed by atoms with Crippen molar-refractivity contribution in [3.8, 4) is 0 Å². The monoisotopic (exact) mass is 480 g/mol. The zero-order chi connectivity index (χ0) is 23.6. The maximum atomic E-state index is 13.0. The Bertz CT molecular complexity index is 1290. The van der Waals surface area contributed by atoms with Crippen LogP contribution >= 0.6 is 11.8 Å². The maximum Gasteiger partial charge on any atom is 0.251 e. The van der Waals surface area contributed by atoms with Gasteiger partial charge in [-0.3, -0.25) is 9.59 Å². The highest BCUT2D eigenvalue weighted by Gasteiger charge is 2.26. The Morgan fingerprint density at radius 2 is 1.76 bits per heavy atom. The number of sulfone groups is 1. The van der Waals surface area contributed by atoms with E-state index in [0.29, 0.717) is 17.9 Å². The number of fused-ring (bicyclic) bond motifs is 1. The minimum Gasteiger partial charge on any atom is -0.346 e. The van der Waals surface area contributed by atoms with Crippen LogP contribution in [0.5, 0.6) is 0 Å². The summed E-state index contributed by atoms with van der Waals surface area (Å²) in [7, 11) is -3.27. The van der Waals surface area contributed by atoms with Crippen molar-refractivity contribution in [1.29, 1.82) is 0 Å². The smallest absolute Gasteiger partial charge is 0.251 e. The quantitative estimate of drug-likeness (QED) is 0.571. The first-order valence-electron chi connectivity index (χ1n) is 10.4. The number of nitrogens with one attached hydrogen (secondary N) is 1. The second-order valence-electron chi connectivity index (χ2n) is 7.97. The number of carbonyl (C=O) groups excluding carboxylic acids is 2. The lowest BCUT2D eigenvalue weighted by atomic mass is 10.1. The molecule has 1 aliphatic heterocycles. The molecule has 1 N–H and O–H groups in total. The lowest BCUT2D eigenvalue weighted by molar-refractivity contribution is -0.116. The molecule has 0 bridgehead atoms. The molecule has 0 aromatic heterocycles. The summed E-state index contributed by atoms with van der Waals surface area (Å²) in [6, 6.07) is 21.3. The summed E-state index contributed by atoms with van der Waals surface area (Å²) in [6.07, 6.45) is 1.16. The van der Waals surface area contributed by atoms with Gasteiger partial charge in [-0.15, -0.1) is 11.8 Å².